The quantitative estimate of drug-likeness (QED) is 0.663. The molecular weight excluding hydrogens is 288 g/mol. The number of ether oxygens (including phenoxy) is 2. The number of carboxylic acid groups (broad SMARTS) is 2. The standard InChI is InChI=1S/C9H10O3.C7H6O3/c1-2-12-8-6-4-3-5-7(8)9(10)11;8-7(9)10-6-4-2-1-3-5-6/h3-6H,2H2,1H3,(H,10,11);1-5H,(H,8,9). The second kappa shape index (κ2) is 9.02. The number of hydrogen-bond acceptors (Lipinski definition) is 4. The van der Waals surface area contributed by atoms with Gasteiger partial charge in [0.1, 0.15) is 17.1 Å². The molecule has 2 aromatic rings. The van der Waals surface area contributed by atoms with Gasteiger partial charge in [0, 0.05) is 0 Å². The summed E-state index contributed by atoms with van der Waals surface area (Å²) in [5.41, 5.74) is 0.208. The summed E-state index contributed by atoms with van der Waals surface area (Å²) in [7, 11) is 0. The van der Waals surface area contributed by atoms with Crippen LogP contribution in [0.4, 0.5) is 4.79 Å². The Bertz CT molecular complexity index is 609. The molecule has 0 amide bonds. The van der Waals surface area contributed by atoms with Gasteiger partial charge in [-0.05, 0) is 31.2 Å². The second-order valence-electron chi connectivity index (χ2n) is 3.92. The normalized spacial score (nSPS) is 9.14. The van der Waals surface area contributed by atoms with Crippen molar-refractivity contribution in [3.63, 3.8) is 0 Å². The van der Waals surface area contributed by atoms with E-state index in [-0.39, 0.29) is 5.56 Å². The molecule has 0 fully saturated rings. The Balaban J connectivity index is 0.000000224. The van der Waals surface area contributed by atoms with E-state index in [1.54, 1.807) is 48.5 Å². The van der Waals surface area contributed by atoms with Crippen molar-refractivity contribution in [2.24, 2.45) is 0 Å². The molecule has 0 heterocycles. The van der Waals surface area contributed by atoms with Gasteiger partial charge in [-0.15, -0.1) is 0 Å². The summed E-state index contributed by atoms with van der Waals surface area (Å²) >= 11 is 0. The number of para-hydroxylation sites is 2. The zero-order valence-electron chi connectivity index (χ0n) is 11.9. The van der Waals surface area contributed by atoms with Gasteiger partial charge >= 0.3 is 12.1 Å². The molecule has 0 aliphatic heterocycles. The van der Waals surface area contributed by atoms with Gasteiger partial charge in [0.15, 0.2) is 0 Å². The van der Waals surface area contributed by atoms with E-state index < -0.39 is 12.1 Å². The summed E-state index contributed by atoms with van der Waals surface area (Å²) in [6.45, 7) is 2.29. The molecular formula is C16H16O6. The first-order valence-electron chi connectivity index (χ1n) is 6.45. The van der Waals surface area contributed by atoms with Gasteiger partial charge in [-0.2, -0.15) is 0 Å². The van der Waals surface area contributed by atoms with Crippen molar-refractivity contribution >= 4 is 12.1 Å². The number of hydrogen-bond donors (Lipinski definition) is 2. The molecule has 0 bridgehead atoms. The molecule has 2 rings (SSSR count). The molecule has 0 radical (unpaired) electrons. The molecule has 0 saturated heterocycles. The molecule has 0 aliphatic carbocycles. The lowest BCUT2D eigenvalue weighted by atomic mass is 10.2. The number of rotatable bonds is 4. The van der Waals surface area contributed by atoms with Crippen LogP contribution in [-0.4, -0.2) is 28.9 Å². The van der Waals surface area contributed by atoms with Gasteiger partial charge in [0.05, 0.1) is 6.61 Å². The predicted molar refractivity (Wildman–Crippen MR) is 79.7 cm³/mol. The molecule has 6 nitrogen and oxygen atoms in total. The lowest BCUT2D eigenvalue weighted by molar-refractivity contribution is 0.0692. The molecule has 0 unspecified atom stereocenters. The fourth-order valence-corrected chi connectivity index (χ4v) is 1.51. The summed E-state index contributed by atoms with van der Waals surface area (Å²) in [6.07, 6.45) is -1.29. The molecule has 0 atom stereocenters. The van der Waals surface area contributed by atoms with E-state index in [4.69, 9.17) is 14.9 Å². The molecule has 22 heavy (non-hydrogen) atoms. The number of benzene rings is 2. The molecule has 0 aromatic heterocycles. The Labute approximate surface area is 127 Å². The van der Waals surface area contributed by atoms with Crippen LogP contribution in [0.25, 0.3) is 0 Å². The van der Waals surface area contributed by atoms with Crippen LogP contribution in [0.1, 0.15) is 17.3 Å². The maximum Gasteiger partial charge on any atom is 0.511 e. The van der Waals surface area contributed by atoms with E-state index in [1.807, 2.05) is 6.92 Å². The molecule has 116 valence electrons. The summed E-state index contributed by atoms with van der Waals surface area (Å²) < 4.78 is 9.45. The molecule has 0 spiro atoms. The largest absolute Gasteiger partial charge is 0.511 e. The Morgan fingerprint density at radius 3 is 2.09 bits per heavy atom. The molecule has 6 heteroatoms. The monoisotopic (exact) mass is 304 g/mol. The first kappa shape index (κ1) is 17.0. The van der Waals surface area contributed by atoms with E-state index in [0.717, 1.165) is 0 Å². The molecule has 2 aromatic carbocycles. The van der Waals surface area contributed by atoms with Crippen LogP contribution in [0.15, 0.2) is 54.6 Å². The third kappa shape index (κ3) is 5.96. The third-order valence-corrected chi connectivity index (χ3v) is 2.37. The van der Waals surface area contributed by atoms with Crippen molar-refractivity contribution < 1.29 is 29.3 Å². The highest BCUT2D eigenvalue weighted by molar-refractivity contribution is 5.90. The maximum atomic E-state index is 10.6. The van der Waals surface area contributed by atoms with Crippen LogP contribution in [0.3, 0.4) is 0 Å². The number of carbonyl (C=O) groups is 2. The van der Waals surface area contributed by atoms with Crippen molar-refractivity contribution in [2.45, 2.75) is 6.92 Å². The first-order valence-corrected chi connectivity index (χ1v) is 6.45. The van der Waals surface area contributed by atoms with Crippen molar-refractivity contribution in [3.8, 4) is 11.5 Å². The van der Waals surface area contributed by atoms with Crippen molar-refractivity contribution in [1.82, 2.24) is 0 Å². The summed E-state index contributed by atoms with van der Waals surface area (Å²) in [5.74, 6) is -0.193. The van der Waals surface area contributed by atoms with Crippen LogP contribution < -0.4 is 9.47 Å². The summed E-state index contributed by atoms with van der Waals surface area (Å²) in [6, 6.07) is 14.9. The first-order chi connectivity index (χ1) is 10.5. The Hall–Kier alpha value is -3.02. The van der Waals surface area contributed by atoms with Crippen molar-refractivity contribution in [1.29, 1.82) is 0 Å². The topological polar surface area (TPSA) is 93.1 Å². The zero-order valence-corrected chi connectivity index (χ0v) is 11.9. The van der Waals surface area contributed by atoms with Gasteiger partial charge in [-0.25, -0.2) is 9.59 Å². The van der Waals surface area contributed by atoms with Gasteiger partial charge in [-0.1, -0.05) is 30.3 Å². The molecule has 0 saturated carbocycles. The number of aromatic carboxylic acids is 1. The van der Waals surface area contributed by atoms with E-state index in [9.17, 15) is 9.59 Å². The summed E-state index contributed by atoms with van der Waals surface area (Å²) in [4.78, 5) is 20.6. The second-order valence-corrected chi connectivity index (χ2v) is 3.92. The van der Waals surface area contributed by atoms with E-state index in [2.05, 4.69) is 4.74 Å². The SMILES string of the molecule is CCOc1ccccc1C(=O)O.O=C(O)Oc1ccccc1. The zero-order chi connectivity index (χ0) is 16.4. The number of carboxylic acids is 1. The smallest absolute Gasteiger partial charge is 0.493 e. The minimum absolute atomic E-state index is 0.208. The fraction of sp³-hybridized carbons (Fsp3) is 0.125. The fourth-order valence-electron chi connectivity index (χ4n) is 1.51. The van der Waals surface area contributed by atoms with Gasteiger partial charge in [0.25, 0.3) is 0 Å². The van der Waals surface area contributed by atoms with Gasteiger partial charge in [0.2, 0.25) is 0 Å². The highest BCUT2D eigenvalue weighted by atomic mass is 16.7. The minimum atomic E-state index is -1.29. The van der Waals surface area contributed by atoms with Gasteiger partial charge < -0.3 is 19.7 Å². The van der Waals surface area contributed by atoms with E-state index in [0.29, 0.717) is 18.1 Å². The van der Waals surface area contributed by atoms with E-state index in [1.165, 1.54) is 6.07 Å². The molecule has 0 aliphatic rings. The van der Waals surface area contributed by atoms with Gasteiger partial charge in [-0.3, -0.25) is 0 Å². The van der Waals surface area contributed by atoms with Crippen molar-refractivity contribution in [3.05, 3.63) is 60.2 Å². The Kier molecular flexibility index (Phi) is 6.98. The lowest BCUT2D eigenvalue weighted by Gasteiger charge is -2.05. The maximum absolute atomic E-state index is 10.6. The van der Waals surface area contributed by atoms with Crippen LogP contribution >= 0.6 is 0 Å². The highest BCUT2D eigenvalue weighted by Gasteiger charge is 2.08. The summed E-state index contributed by atoms with van der Waals surface area (Å²) in [5, 5.41) is 16.9. The van der Waals surface area contributed by atoms with Crippen LogP contribution in [-0.2, 0) is 0 Å². The van der Waals surface area contributed by atoms with Crippen molar-refractivity contribution in [2.75, 3.05) is 6.61 Å². The van der Waals surface area contributed by atoms with Crippen LogP contribution in [0.5, 0.6) is 11.5 Å². The average Bonchev–Trinajstić information content (AvgIpc) is 2.49. The Morgan fingerprint density at radius 2 is 1.55 bits per heavy atom. The average molecular weight is 304 g/mol. The Morgan fingerprint density at radius 1 is 0.955 bits per heavy atom. The van der Waals surface area contributed by atoms with E-state index >= 15 is 0 Å². The predicted octanol–water partition coefficient (Wildman–Crippen LogP) is 3.53. The lowest BCUT2D eigenvalue weighted by Crippen LogP contribution is -2.02. The third-order valence-electron chi connectivity index (χ3n) is 2.37. The van der Waals surface area contributed by atoms with Crippen LogP contribution in [0, 0.1) is 0 Å². The minimum Gasteiger partial charge on any atom is -0.493 e. The molecule has 2 N–H and O–H groups in total. The highest BCUT2D eigenvalue weighted by Crippen LogP contribution is 2.17. The van der Waals surface area contributed by atoms with Crippen LogP contribution in [0.2, 0.25) is 0 Å².